The maximum Gasteiger partial charge on any atom is 0.338 e. The van der Waals surface area contributed by atoms with Crippen molar-refractivity contribution in [2.24, 2.45) is 0 Å². The fraction of sp³-hybridized carbons (Fsp3) is 0.111. The van der Waals surface area contributed by atoms with Gasteiger partial charge < -0.3 is 9.26 Å². The predicted molar refractivity (Wildman–Crippen MR) is 82.2 cm³/mol. The average molecular weight is 329 g/mol. The van der Waals surface area contributed by atoms with Crippen molar-refractivity contribution in [1.82, 2.24) is 5.16 Å². The Bertz CT molecular complexity index is 872. The molecule has 0 unspecified atom stereocenters. The van der Waals surface area contributed by atoms with Crippen LogP contribution in [0, 0.1) is 18.6 Å². The Kier molecular flexibility index (Phi) is 4.37. The van der Waals surface area contributed by atoms with Gasteiger partial charge in [-0.3, -0.25) is 0 Å². The summed E-state index contributed by atoms with van der Waals surface area (Å²) in [6.07, 6.45) is 0. The van der Waals surface area contributed by atoms with Gasteiger partial charge in [-0.1, -0.05) is 22.9 Å². The van der Waals surface area contributed by atoms with Crippen molar-refractivity contribution < 1.29 is 22.8 Å². The quantitative estimate of drug-likeness (QED) is 0.670. The van der Waals surface area contributed by atoms with E-state index < -0.39 is 17.6 Å². The highest BCUT2D eigenvalue weighted by atomic mass is 19.1. The van der Waals surface area contributed by atoms with Gasteiger partial charge >= 0.3 is 5.97 Å². The van der Waals surface area contributed by atoms with Crippen molar-refractivity contribution in [2.45, 2.75) is 13.5 Å². The number of esters is 1. The first-order valence-corrected chi connectivity index (χ1v) is 7.18. The first-order valence-electron chi connectivity index (χ1n) is 7.18. The minimum atomic E-state index is -0.755. The standard InChI is InChI=1S/C18H13F2NO3/c1-11-2-4-12(5-3-11)18(22)23-10-14-9-17(24-21-14)15-7-6-13(19)8-16(15)20/h2-9H,10H2,1H3. The van der Waals surface area contributed by atoms with E-state index in [4.69, 9.17) is 9.26 Å². The van der Waals surface area contributed by atoms with Gasteiger partial charge in [0.1, 0.15) is 23.9 Å². The molecule has 6 heteroatoms. The summed E-state index contributed by atoms with van der Waals surface area (Å²) in [5.74, 6) is -1.79. The van der Waals surface area contributed by atoms with E-state index in [1.807, 2.05) is 19.1 Å². The second-order valence-corrected chi connectivity index (χ2v) is 5.25. The smallest absolute Gasteiger partial charge is 0.338 e. The van der Waals surface area contributed by atoms with Gasteiger partial charge in [-0.15, -0.1) is 0 Å². The number of nitrogens with zero attached hydrogens (tertiary/aromatic N) is 1. The van der Waals surface area contributed by atoms with Crippen LogP contribution in [0.3, 0.4) is 0 Å². The van der Waals surface area contributed by atoms with Gasteiger partial charge in [-0.05, 0) is 31.2 Å². The molecular formula is C18H13F2NO3. The molecule has 1 aromatic heterocycles. The van der Waals surface area contributed by atoms with Crippen LogP contribution in [-0.2, 0) is 11.3 Å². The summed E-state index contributed by atoms with van der Waals surface area (Å²) in [5, 5.41) is 3.72. The predicted octanol–water partition coefficient (Wildman–Crippen LogP) is 4.29. The van der Waals surface area contributed by atoms with Crippen molar-refractivity contribution >= 4 is 5.97 Å². The van der Waals surface area contributed by atoms with Crippen molar-refractivity contribution in [3.8, 4) is 11.3 Å². The van der Waals surface area contributed by atoms with Crippen LogP contribution in [0.15, 0.2) is 53.1 Å². The zero-order valence-corrected chi connectivity index (χ0v) is 12.8. The molecule has 0 aliphatic rings. The van der Waals surface area contributed by atoms with E-state index in [0.29, 0.717) is 11.3 Å². The summed E-state index contributed by atoms with van der Waals surface area (Å²) >= 11 is 0. The molecule has 0 fully saturated rings. The zero-order valence-electron chi connectivity index (χ0n) is 12.8. The van der Waals surface area contributed by atoms with Crippen molar-refractivity contribution in [1.29, 1.82) is 0 Å². The van der Waals surface area contributed by atoms with Gasteiger partial charge in [0.2, 0.25) is 0 Å². The van der Waals surface area contributed by atoms with Crippen molar-refractivity contribution in [3.63, 3.8) is 0 Å². The summed E-state index contributed by atoms with van der Waals surface area (Å²) in [6.45, 7) is 1.81. The Labute approximate surface area is 136 Å². The van der Waals surface area contributed by atoms with E-state index in [9.17, 15) is 13.6 Å². The largest absolute Gasteiger partial charge is 0.455 e. The van der Waals surface area contributed by atoms with Gasteiger partial charge in [0.25, 0.3) is 0 Å². The molecule has 0 aliphatic heterocycles. The molecule has 0 saturated heterocycles. The lowest BCUT2D eigenvalue weighted by Gasteiger charge is -2.02. The molecular weight excluding hydrogens is 316 g/mol. The monoisotopic (exact) mass is 329 g/mol. The van der Waals surface area contributed by atoms with Crippen LogP contribution < -0.4 is 0 Å². The van der Waals surface area contributed by atoms with Crippen LogP contribution in [0.4, 0.5) is 8.78 Å². The Balaban J connectivity index is 1.68. The summed E-state index contributed by atoms with van der Waals surface area (Å²) in [4.78, 5) is 11.9. The Morgan fingerprint density at radius 2 is 1.88 bits per heavy atom. The number of aromatic nitrogens is 1. The fourth-order valence-electron chi connectivity index (χ4n) is 2.11. The number of rotatable bonds is 4. The zero-order chi connectivity index (χ0) is 17.1. The van der Waals surface area contributed by atoms with E-state index in [1.165, 1.54) is 12.1 Å². The van der Waals surface area contributed by atoms with Crippen LogP contribution in [0.2, 0.25) is 0 Å². The number of hydrogen-bond acceptors (Lipinski definition) is 4. The molecule has 0 atom stereocenters. The lowest BCUT2D eigenvalue weighted by molar-refractivity contribution is 0.0464. The third kappa shape index (κ3) is 3.48. The molecule has 2 aromatic carbocycles. The number of benzene rings is 2. The maximum absolute atomic E-state index is 13.7. The number of carbonyl (C=O) groups excluding carboxylic acids is 1. The van der Waals surface area contributed by atoms with E-state index in [-0.39, 0.29) is 17.9 Å². The highest BCUT2D eigenvalue weighted by Gasteiger charge is 2.14. The summed E-state index contributed by atoms with van der Waals surface area (Å²) in [5.41, 5.74) is 1.87. The first kappa shape index (κ1) is 15.9. The maximum atomic E-state index is 13.7. The van der Waals surface area contributed by atoms with Gasteiger partial charge in [0.15, 0.2) is 5.76 Å². The van der Waals surface area contributed by atoms with E-state index in [0.717, 1.165) is 17.7 Å². The number of aryl methyl sites for hydroxylation is 1. The molecule has 1 heterocycles. The van der Waals surface area contributed by atoms with Crippen molar-refractivity contribution in [2.75, 3.05) is 0 Å². The lowest BCUT2D eigenvalue weighted by atomic mass is 10.1. The second kappa shape index (κ2) is 6.62. The van der Waals surface area contributed by atoms with E-state index >= 15 is 0 Å². The molecule has 3 aromatic rings. The Hall–Kier alpha value is -3.02. The van der Waals surface area contributed by atoms with E-state index in [1.54, 1.807) is 12.1 Å². The van der Waals surface area contributed by atoms with Crippen LogP contribution in [0.5, 0.6) is 0 Å². The SMILES string of the molecule is Cc1ccc(C(=O)OCc2cc(-c3ccc(F)cc3F)on2)cc1. The van der Waals surface area contributed by atoms with Crippen LogP contribution in [-0.4, -0.2) is 11.1 Å². The highest BCUT2D eigenvalue weighted by Crippen LogP contribution is 2.24. The minimum Gasteiger partial charge on any atom is -0.455 e. The fourth-order valence-corrected chi connectivity index (χ4v) is 2.11. The molecule has 0 amide bonds. The molecule has 0 bridgehead atoms. The van der Waals surface area contributed by atoms with Crippen molar-refractivity contribution in [3.05, 3.63) is 77.0 Å². The number of carbonyl (C=O) groups is 1. The van der Waals surface area contributed by atoms with Gasteiger partial charge in [0.05, 0.1) is 11.1 Å². The number of hydrogen-bond donors (Lipinski definition) is 0. The Morgan fingerprint density at radius 3 is 2.58 bits per heavy atom. The van der Waals surface area contributed by atoms with Gasteiger partial charge in [-0.25, -0.2) is 13.6 Å². The van der Waals surface area contributed by atoms with Gasteiger partial charge in [0, 0.05) is 12.1 Å². The molecule has 0 spiro atoms. The molecule has 0 saturated carbocycles. The molecule has 0 aliphatic carbocycles. The Morgan fingerprint density at radius 1 is 1.12 bits per heavy atom. The van der Waals surface area contributed by atoms with E-state index in [2.05, 4.69) is 5.16 Å². The van der Waals surface area contributed by atoms with Gasteiger partial charge in [-0.2, -0.15) is 0 Å². The molecule has 3 rings (SSSR count). The van der Waals surface area contributed by atoms with Crippen LogP contribution in [0.25, 0.3) is 11.3 Å². The molecule has 4 nitrogen and oxygen atoms in total. The normalized spacial score (nSPS) is 10.6. The number of halogens is 2. The third-order valence-corrected chi connectivity index (χ3v) is 3.39. The second-order valence-electron chi connectivity index (χ2n) is 5.25. The first-order chi connectivity index (χ1) is 11.5. The summed E-state index contributed by atoms with van der Waals surface area (Å²) < 4.78 is 36.8. The number of ether oxygens (including phenoxy) is 1. The molecule has 24 heavy (non-hydrogen) atoms. The summed E-state index contributed by atoms with van der Waals surface area (Å²) in [6, 6.07) is 11.5. The third-order valence-electron chi connectivity index (χ3n) is 3.39. The highest BCUT2D eigenvalue weighted by molar-refractivity contribution is 5.89. The van der Waals surface area contributed by atoms with Crippen LogP contribution >= 0.6 is 0 Å². The topological polar surface area (TPSA) is 52.3 Å². The lowest BCUT2D eigenvalue weighted by Crippen LogP contribution is -2.05. The van der Waals surface area contributed by atoms with Crippen LogP contribution in [0.1, 0.15) is 21.6 Å². The molecule has 0 radical (unpaired) electrons. The average Bonchev–Trinajstić information content (AvgIpc) is 3.02. The summed E-state index contributed by atoms with van der Waals surface area (Å²) in [7, 11) is 0. The molecule has 122 valence electrons. The minimum absolute atomic E-state index is 0.0833. The molecule has 0 N–H and O–H groups in total.